The lowest BCUT2D eigenvalue weighted by molar-refractivity contribution is -0.0167. The maximum absolute atomic E-state index is 12.5. The molecule has 0 amide bonds. The Kier molecular flexibility index (Phi) is 6.76. The molecule has 1 heteroatoms. The molecule has 0 radical (unpaired) electrons. The number of rotatable bonds is 3. The summed E-state index contributed by atoms with van der Waals surface area (Å²) in [6.07, 6.45) is 4.52. The molecule has 0 bridgehead atoms. The zero-order valence-corrected chi connectivity index (χ0v) is 22.0. The summed E-state index contributed by atoms with van der Waals surface area (Å²) in [5, 5.41) is 12.5. The first-order valence-electron chi connectivity index (χ1n) is 12.6. The van der Waals surface area contributed by atoms with E-state index in [1.54, 1.807) is 0 Å². The molecule has 0 atom stereocenters. The zero-order valence-electron chi connectivity index (χ0n) is 22.0. The molecular weight excluding hydrogens is 388 g/mol. The van der Waals surface area contributed by atoms with Crippen molar-refractivity contribution < 1.29 is 5.11 Å². The van der Waals surface area contributed by atoms with Crippen molar-refractivity contribution in [2.45, 2.75) is 104 Å². The highest BCUT2D eigenvalue weighted by Crippen LogP contribution is 2.48. The highest BCUT2D eigenvalue weighted by atomic mass is 16.3. The van der Waals surface area contributed by atoms with E-state index in [9.17, 15) is 5.11 Å². The van der Waals surface area contributed by atoms with Crippen LogP contribution < -0.4 is 0 Å². The van der Waals surface area contributed by atoms with E-state index in [1.807, 2.05) is 0 Å². The van der Waals surface area contributed by atoms with Gasteiger partial charge in [0.15, 0.2) is 0 Å². The Hall–Kier alpha value is -1.60. The molecule has 2 aromatic carbocycles. The van der Waals surface area contributed by atoms with Crippen molar-refractivity contribution in [3.8, 4) is 0 Å². The third kappa shape index (κ3) is 5.14. The second-order valence-corrected chi connectivity index (χ2v) is 13.3. The average molecular weight is 435 g/mol. The van der Waals surface area contributed by atoms with Crippen molar-refractivity contribution in [1.82, 2.24) is 0 Å². The molecule has 0 spiro atoms. The Bertz CT molecular complexity index is 816. The first-order chi connectivity index (χ1) is 14.6. The van der Waals surface area contributed by atoms with Crippen molar-refractivity contribution in [2.75, 3.05) is 0 Å². The highest BCUT2D eigenvalue weighted by Gasteiger charge is 2.43. The molecule has 2 aromatic rings. The Morgan fingerprint density at radius 2 is 0.781 bits per heavy atom. The predicted molar refractivity (Wildman–Crippen MR) is 138 cm³/mol. The van der Waals surface area contributed by atoms with Gasteiger partial charge in [-0.05, 0) is 76.0 Å². The van der Waals surface area contributed by atoms with Gasteiger partial charge in [-0.1, -0.05) is 111 Å². The first kappa shape index (κ1) is 25.0. The standard InChI is InChI=1S/C31H46O/c1-28(2,3)22-10-16-25(17-11-22)31(32,26-18-12-23(13-19-26)29(4,5)6)27-20-14-24(15-21-27)30(7,8)9/h10-13,16-19,24,27,32H,14-15,20-21H2,1-9H3. The second-order valence-electron chi connectivity index (χ2n) is 13.3. The Balaban J connectivity index is 2.02. The van der Waals surface area contributed by atoms with Crippen LogP contribution in [0.15, 0.2) is 48.5 Å². The maximum atomic E-state index is 12.5. The van der Waals surface area contributed by atoms with Crippen molar-refractivity contribution in [3.05, 3.63) is 70.8 Å². The van der Waals surface area contributed by atoms with E-state index in [4.69, 9.17) is 0 Å². The SMILES string of the molecule is CC(C)(C)c1ccc(C(O)(c2ccc(C(C)(C)C)cc2)C2CCC(C(C)(C)C)CC2)cc1. The summed E-state index contributed by atoms with van der Waals surface area (Å²) in [4.78, 5) is 0. The van der Waals surface area contributed by atoms with Gasteiger partial charge in [0, 0.05) is 0 Å². The van der Waals surface area contributed by atoms with Crippen LogP contribution >= 0.6 is 0 Å². The Morgan fingerprint density at radius 1 is 0.500 bits per heavy atom. The fraction of sp³-hybridized carbons (Fsp3) is 0.613. The molecule has 1 fully saturated rings. The van der Waals surface area contributed by atoms with E-state index >= 15 is 0 Å². The summed E-state index contributed by atoms with van der Waals surface area (Å²) in [5.41, 5.74) is 4.29. The van der Waals surface area contributed by atoms with Crippen LogP contribution in [0.4, 0.5) is 0 Å². The average Bonchev–Trinajstić information content (AvgIpc) is 2.71. The van der Waals surface area contributed by atoms with Crippen molar-refractivity contribution in [1.29, 1.82) is 0 Å². The van der Waals surface area contributed by atoms with E-state index in [0.717, 1.165) is 29.9 Å². The fourth-order valence-electron chi connectivity index (χ4n) is 5.46. The van der Waals surface area contributed by atoms with Gasteiger partial charge in [-0.3, -0.25) is 0 Å². The van der Waals surface area contributed by atoms with E-state index < -0.39 is 5.60 Å². The third-order valence-corrected chi connectivity index (χ3v) is 7.92. The van der Waals surface area contributed by atoms with Gasteiger partial charge in [0.25, 0.3) is 0 Å². The Labute approximate surface area is 197 Å². The van der Waals surface area contributed by atoms with Crippen LogP contribution in [-0.4, -0.2) is 5.11 Å². The van der Waals surface area contributed by atoms with Gasteiger partial charge in [-0.25, -0.2) is 0 Å². The number of aliphatic hydroxyl groups is 1. The molecule has 1 aliphatic carbocycles. The normalized spacial score (nSPS) is 20.9. The van der Waals surface area contributed by atoms with E-state index in [2.05, 4.69) is 111 Å². The van der Waals surface area contributed by atoms with Crippen molar-refractivity contribution >= 4 is 0 Å². The van der Waals surface area contributed by atoms with Crippen LogP contribution in [0.5, 0.6) is 0 Å². The van der Waals surface area contributed by atoms with Crippen LogP contribution in [0, 0.1) is 17.3 Å². The summed E-state index contributed by atoms with van der Waals surface area (Å²) in [6.45, 7) is 20.5. The molecule has 176 valence electrons. The second kappa shape index (κ2) is 8.64. The molecule has 1 saturated carbocycles. The smallest absolute Gasteiger partial charge is 0.117 e. The Morgan fingerprint density at radius 3 is 1.06 bits per heavy atom. The van der Waals surface area contributed by atoms with Crippen molar-refractivity contribution in [2.24, 2.45) is 17.3 Å². The quantitative estimate of drug-likeness (QED) is 0.514. The van der Waals surface area contributed by atoms with Crippen LogP contribution in [0.1, 0.15) is 110 Å². The number of benzene rings is 2. The molecule has 1 aliphatic rings. The van der Waals surface area contributed by atoms with Crippen LogP contribution in [0.2, 0.25) is 0 Å². The van der Waals surface area contributed by atoms with Crippen molar-refractivity contribution in [3.63, 3.8) is 0 Å². The van der Waals surface area contributed by atoms with E-state index in [0.29, 0.717) is 5.41 Å². The van der Waals surface area contributed by atoms with Gasteiger partial charge in [-0.2, -0.15) is 0 Å². The fourth-order valence-corrected chi connectivity index (χ4v) is 5.46. The van der Waals surface area contributed by atoms with Crippen LogP contribution in [-0.2, 0) is 16.4 Å². The molecule has 3 rings (SSSR count). The highest BCUT2D eigenvalue weighted by molar-refractivity contribution is 5.41. The minimum absolute atomic E-state index is 0.107. The van der Waals surface area contributed by atoms with Gasteiger partial charge < -0.3 is 5.11 Å². The monoisotopic (exact) mass is 434 g/mol. The zero-order chi connectivity index (χ0) is 23.9. The molecule has 0 unspecified atom stereocenters. The maximum Gasteiger partial charge on any atom is 0.117 e. The molecule has 0 aliphatic heterocycles. The molecule has 0 heterocycles. The lowest BCUT2D eigenvalue weighted by Crippen LogP contribution is -2.40. The first-order valence-corrected chi connectivity index (χ1v) is 12.6. The van der Waals surface area contributed by atoms with Gasteiger partial charge in [0.2, 0.25) is 0 Å². The predicted octanol–water partition coefficient (Wildman–Crippen LogP) is 8.37. The van der Waals surface area contributed by atoms with Gasteiger partial charge in [0.1, 0.15) is 5.60 Å². The molecule has 1 N–H and O–H groups in total. The molecule has 0 saturated heterocycles. The van der Waals surface area contributed by atoms with E-state index in [1.165, 1.54) is 24.0 Å². The largest absolute Gasteiger partial charge is 0.380 e. The molecule has 1 nitrogen and oxygen atoms in total. The summed E-state index contributed by atoms with van der Waals surface area (Å²) < 4.78 is 0. The number of hydrogen-bond acceptors (Lipinski definition) is 1. The summed E-state index contributed by atoms with van der Waals surface area (Å²) >= 11 is 0. The summed E-state index contributed by atoms with van der Waals surface area (Å²) in [7, 11) is 0. The minimum Gasteiger partial charge on any atom is -0.380 e. The van der Waals surface area contributed by atoms with E-state index in [-0.39, 0.29) is 16.7 Å². The lowest BCUT2D eigenvalue weighted by Gasteiger charge is -2.44. The van der Waals surface area contributed by atoms with Gasteiger partial charge in [-0.15, -0.1) is 0 Å². The van der Waals surface area contributed by atoms with Crippen LogP contribution in [0.3, 0.4) is 0 Å². The third-order valence-electron chi connectivity index (χ3n) is 7.92. The lowest BCUT2D eigenvalue weighted by atomic mass is 9.63. The molecular formula is C31H46O. The summed E-state index contributed by atoms with van der Waals surface area (Å²) in [6, 6.07) is 17.6. The summed E-state index contributed by atoms with van der Waals surface area (Å²) in [5.74, 6) is 0.969. The van der Waals surface area contributed by atoms with Crippen LogP contribution in [0.25, 0.3) is 0 Å². The molecule has 32 heavy (non-hydrogen) atoms. The number of hydrogen-bond donors (Lipinski definition) is 1. The van der Waals surface area contributed by atoms with Gasteiger partial charge >= 0.3 is 0 Å². The van der Waals surface area contributed by atoms with Gasteiger partial charge in [0.05, 0.1) is 0 Å². The minimum atomic E-state index is -0.949. The topological polar surface area (TPSA) is 20.2 Å². The molecule has 0 aromatic heterocycles.